The molecule has 1 aromatic heterocycles. The van der Waals surface area contributed by atoms with Gasteiger partial charge in [0.15, 0.2) is 6.61 Å². The Morgan fingerprint density at radius 1 is 1.12 bits per heavy atom. The summed E-state index contributed by atoms with van der Waals surface area (Å²) in [5.74, 6) is -0.703. The molecule has 32 heavy (non-hydrogen) atoms. The molecule has 0 unspecified atom stereocenters. The molecule has 0 bridgehead atoms. The minimum absolute atomic E-state index is 0.208. The van der Waals surface area contributed by atoms with Gasteiger partial charge in [-0.2, -0.15) is 0 Å². The van der Waals surface area contributed by atoms with Crippen LogP contribution < -0.4 is 5.32 Å². The van der Waals surface area contributed by atoms with Gasteiger partial charge in [-0.15, -0.1) is 0 Å². The fourth-order valence-corrected chi connectivity index (χ4v) is 3.83. The maximum Gasteiger partial charge on any atom is 0.339 e. The van der Waals surface area contributed by atoms with Gasteiger partial charge in [0.05, 0.1) is 23.4 Å². The number of fused-ring (bicyclic) bond motifs is 2. The lowest BCUT2D eigenvalue weighted by Crippen LogP contribution is -2.31. The number of allylic oxidation sites excluding steroid dienone is 1. The smallest absolute Gasteiger partial charge is 0.339 e. The number of rotatable bonds is 7. The zero-order valence-corrected chi connectivity index (χ0v) is 17.8. The Hall–Kier alpha value is -3.71. The van der Waals surface area contributed by atoms with Crippen molar-refractivity contribution in [2.45, 2.75) is 12.8 Å². The zero-order chi connectivity index (χ0) is 22.5. The van der Waals surface area contributed by atoms with E-state index in [9.17, 15) is 14.7 Å². The molecule has 0 aliphatic heterocycles. The van der Waals surface area contributed by atoms with E-state index < -0.39 is 5.97 Å². The highest BCUT2D eigenvalue weighted by Crippen LogP contribution is 2.37. The van der Waals surface area contributed by atoms with Gasteiger partial charge in [0.25, 0.3) is 5.91 Å². The number of pyridine rings is 1. The van der Waals surface area contributed by atoms with Crippen LogP contribution in [0.15, 0.2) is 48.5 Å². The Kier molecular flexibility index (Phi) is 6.47. The molecule has 0 saturated heterocycles. The number of esters is 1. The highest BCUT2D eigenvalue weighted by atomic mass is 16.5. The van der Waals surface area contributed by atoms with E-state index in [0.717, 1.165) is 28.8 Å². The molecule has 7 nitrogen and oxygen atoms in total. The van der Waals surface area contributed by atoms with Crippen LogP contribution in [0.2, 0.25) is 0 Å². The standard InChI is InChI=1S/C25H24N2O5/c1-31-13-12-26-22(29)15-32-25(30)23-19-4-2-3-5-21(19)27-24-17(8-11-20(23)24)14-16-6-9-18(28)10-7-16/h2-7,9-10,14,28H,8,11-13,15H2,1H3,(H,26,29). The molecule has 7 heteroatoms. The highest BCUT2D eigenvalue weighted by Gasteiger charge is 2.27. The molecule has 1 heterocycles. The largest absolute Gasteiger partial charge is 0.508 e. The van der Waals surface area contributed by atoms with E-state index in [2.05, 4.69) is 5.32 Å². The number of para-hydroxylation sites is 1. The average molecular weight is 432 g/mol. The van der Waals surface area contributed by atoms with E-state index >= 15 is 0 Å². The Morgan fingerprint density at radius 3 is 2.69 bits per heavy atom. The number of nitrogens with one attached hydrogen (secondary N) is 1. The number of phenolic OH excluding ortho intramolecular Hbond substituents is 1. The van der Waals surface area contributed by atoms with Crippen LogP contribution in [0, 0.1) is 0 Å². The van der Waals surface area contributed by atoms with Gasteiger partial charge in [0, 0.05) is 19.0 Å². The number of methoxy groups -OCH3 is 1. The number of aromatic nitrogens is 1. The molecule has 4 rings (SSSR count). The summed E-state index contributed by atoms with van der Waals surface area (Å²) in [6.45, 7) is 0.383. The summed E-state index contributed by atoms with van der Waals surface area (Å²) in [5, 5.41) is 12.9. The maximum atomic E-state index is 13.1. The third-order valence-electron chi connectivity index (χ3n) is 5.34. The molecule has 1 aliphatic rings. The first kappa shape index (κ1) is 21.5. The second-order valence-electron chi connectivity index (χ2n) is 7.51. The number of phenols is 1. The van der Waals surface area contributed by atoms with Crippen LogP contribution in [0.25, 0.3) is 22.6 Å². The molecule has 0 radical (unpaired) electrons. The van der Waals surface area contributed by atoms with E-state index in [1.54, 1.807) is 19.2 Å². The molecule has 0 fully saturated rings. The number of nitrogens with zero attached hydrogens (tertiary/aromatic N) is 1. The molecule has 2 N–H and O–H groups in total. The normalized spacial score (nSPS) is 13.8. The summed E-state index contributed by atoms with van der Waals surface area (Å²) >= 11 is 0. The number of carbonyl (C=O) groups excluding carboxylic acids is 2. The van der Waals surface area contributed by atoms with Crippen LogP contribution in [0.3, 0.4) is 0 Å². The van der Waals surface area contributed by atoms with Crippen LogP contribution in [0.1, 0.15) is 33.6 Å². The lowest BCUT2D eigenvalue weighted by atomic mass is 10.0. The van der Waals surface area contributed by atoms with Crippen molar-refractivity contribution in [1.29, 1.82) is 0 Å². The van der Waals surface area contributed by atoms with Crippen molar-refractivity contribution < 1.29 is 24.2 Å². The van der Waals surface area contributed by atoms with Crippen LogP contribution in [-0.4, -0.2) is 48.8 Å². The molecular weight excluding hydrogens is 408 g/mol. The Bertz CT molecular complexity index is 1180. The third kappa shape index (κ3) is 4.63. The first-order chi connectivity index (χ1) is 15.6. The average Bonchev–Trinajstić information content (AvgIpc) is 3.19. The molecule has 0 atom stereocenters. The number of benzene rings is 2. The van der Waals surface area contributed by atoms with E-state index in [0.29, 0.717) is 36.0 Å². The zero-order valence-electron chi connectivity index (χ0n) is 17.8. The summed E-state index contributed by atoms with van der Waals surface area (Å²) in [7, 11) is 1.55. The fourth-order valence-electron chi connectivity index (χ4n) is 3.83. The topological polar surface area (TPSA) is 97.8 Å². The Balaban J connectivity index is 1.65. The summed E-state index contributed by atoms with van der Waals surface area (Å²) in [6.07, 6.45) is 3.41. The van der Waals surface area contributed by atoms with Crippen molar-refractivity contribution in [3.05, 3.63) is 70.9 Å². The number of carbonyl (C=O) groups is 2. The molecule has 0 spiro atoms. The summed E-state index contributed by atoms with van der Waals surface area (Å²) in [5.41, 5.74) is 4.72. The second-order valence-corrected chi connectivity index (χ2v) is 7.51. The van der Waals surface area contributed by atoms with Crippen LogP contribution in [0.4, 0.5) is 0 Å². The van der Waals surface area contributed by atoms with E-state index in [1.165, 1.54) is 0 Å². The molecule has 3 aromatic rings. The Labute approximate surface area is 185 Å². The van der Waals surface area contributed by atoms with Gasteiger partial charge in [0.2, 0.25) is 0 Å². The summed E-state index contributed by atoms with van der Waals surface area (Å²) < 4.78 is 10.3. The molecule has 1 aliphatic carbocycles. The quantitative estimate of drug-likeness (QED) is 0.439. The molecule has 1 amide bonds. The van der Waals surface area contributed by atoms with Gasteiger partial charge >= 0.3 is 5.97 Å². The van der Waals surface area contributed by atoms with Crippen LogP contribution >= 0.6 is 0 Å². The van der Waals surface area contributed by atoms with E-state index in [1.807, 2.05) is 42.5 Å². The van der Waals surface area contributed by atoms with Gasteiger partial charge in [-0.1, -0.05) is 30.3 Å². The number of amides is 1. The number of hydrogen-bond acceptors (Lipinski definition) is 6. The summed E-state index contributed by atoms with van der Waals surface area (Å²) in [6, 6.07) is 14.4. The Morgan fingerprint density at radius 2 is 1.91 bits per heavy atom. The van der Waals surface area contributed by atoms with Gasteiger partial charge in [0.1, 0.15) is 5.75 Å². The van der Waals surface area contributed by atoms with E-state index in [4.69, 9.17) is 14.5 Å². The monoisotopic (exact) mass is 432 g/mol. The van der Waals surface area contributed by atoms with Crippen molar-refractivity contribution in [3.63, 3.8) is 0 Å². The predicted molar refractivity (Wildman–Crippen MR) is 121 cm³/mol. The van der Waals surface area contributed by atoms with Gasteiger partial charge in [-0.05, 0) is 53.8 Å². The van der Waals surface area contributed by atoms with Crippen molar-refractivity contribution in [2.75, 3.05) is 26.9 Å². The lowest BCUT2D eigenvalue weighted by molar-refractivity contribution is -0.124. The molecule has 164 valence electrons. The highest BCUT2D eigenvalue weighted by molar-refractivity contribution is 6.07. The summed E-state index contributed by atoms with van der Waals surface area (Å²) in [4.78, 5) is 29.8. The number of hydrogen-bond donors (Lipinski definition) is 2. The van der Waals surface area contributed by atoms with Gasteiger partial charge < -0.3 is 19.9 Å². The van der Waals surface area contributed by atoms with Crippen molar-refractivity contribution >= 4 is 34.4 Å². The molecular formula is C25H24N2O5. The van der Waals surface area contributed by atoms with Crippen molar-refractivity contribution in [2.24, 2.45) is 0 Å². The van der Waals surface area contributed by atoms with E-state index in [-0.39, 0.29) is 18.3 Å². The van der Waals surface area contributed by atoms with Crippen LogP contribution in [-0.2, 0) is 20.7 Å². The third-order valence-corrected chi connectivity index (χ3v) is 5.34. The fraction of sp³-hybridized carbons (Fsp3) is 0.240. The first-order valence-electron chi connectivity index (χ1n) is 10.4. The predicted octanol–water partition coefficient (Wildman–Crippen LogP) is 3.35. The molecule has 0 saturated carbocycles. The van der Waals surface area contributed by atoms with Crippen LogP contribution in [0.5, 0.6) is 5.75 Å². The SMILES string of the molecule is COCCNC(=O)COC(=O)c1c2c(nc3ccccc13)C(=Cc1ccc(O)cc1)CC2. The number of ether oxygens (including phenoxy) is 2. The first-order valence-corrected chi connectivity index (χ1v) is 10.4. The minimum Gasteiger partial charge on any atom is -0.508 e. The molecule has 2 aromatic carbocycles. The van der Waals surface area contributed by atoms with Gasteiger partial charge in [-0.3, -0.25) is 4.79 Å². The van der Waals surface area contributed by atoms with Crippen molar-refractivity contribution in [3.8, 4) is 5.75 Å². The second kappa shape index (κ2) is 9.62. The maximum absolute atomic E-state index is 13.1. The number of aromatic hydroxyl groups is 1. The lowest BCUT2D eigenvalue weighted by Gasteiger charge is -2.12. The minimum atomic E-state index is -0.535. The van der Waals surface area contributed by atoms with Crippen molar-refractivity contribution in [1.82, 2.24) is 10.3 Å². The van der Waals surface area contributed by atoms with Gasteiger partial charge in [-0.25, -0.2) is 9.78 Å².